The number of pyridine rings is 1. The summed E-state index contributed by atoms with van der Waals surface area (Å²) in [5.41, 5.74) is 2.16. The maximum atomic E-state index is 4.32. The van der Waals surface area contributed by atoms with Crippen molar-refractivity contribution in [2.45, 2.75) is 20.8 Å². The van der Waals surface area contributed by atoms with Gasteiger partial charge in [-0.05, 0) is 26.8 Å². The fraction of sp³-hybridized carbons (Fsp3) is 0.545. The summed E-state index contributed by atoms with van der Waals surface area (Å²) in [4.78, 5) is 4.32. The van der Waals surface area contributed by atoms with Crippen LogP contribution >= 0.6 is 0 Å². The Bertz CT molecular complexity index is 274. The van der Waals surface area contributed by atoms with Crippen molar-refractivity contribution in [2.75, 3.05) is 35.6 Å². The molecule has 0 saturated heterocycles. The van der Waals surface area contributed by atoms with Crippen molar-refractivity contribution >= 4 is 17.2 Å². The number of nitrogens with one attached hydrogen (secondary N) is 3. The van der Waals surface area contributed by atoms with E-state index in [1.165, 1.54) is 0 Å². The van der Waals surface area contributed by atoms with E-state index >= 15 is 0 Å². The molecule has 0 radical (unpaired) electrons. The van der Waals surface area contributed by atoms with Crippen LogP contribution in [0.2, 0.25) is 0 Å². The zero-order valence-corrected chi connectivity index (χ0v) is 9.72. The Balaban J connectivity index is 2.97. The minimum Gasteiger partial charge on any atom is -0.383 e. The molecule has 0 amide bonds. The molecule has 1 aromatic rings. The molecule has 4 heteroatoms. The molecule has 1 heterocycles. The molecule has 84 valence electrons. The Morgan fingerprint density at radius 2 is 1.67 bits per heavy atom. The van der Waals surface area contributed by atoms with E-state index in [0.29, 0.717) is 0 Å². The SMILES string of the molecule is CCNc1ccnc(NCC)c1NCC. The maximum Gasteiger partial charge on any atom is 0.151 e. The van der Waals surface area contributed by atoms with Crippen molar-refractivity contribution in [3.05, 3.63) is 12.3 Å². The van der Waals surface area contributed by atoms with Gasteiger partial charge in [0.2, 0.25) is 0 Å². The van der Waals surface area contributed by atoms with Crippen molar-refractivity contribution in [2.24, 2.45) is 0 Å². The molecule has 0 aliphatic carbocycles. The van der Waals surface area contributed by atoms with Crippen LogP contribution in [0.1, 0.15) is 20.8 Å². The second-order valence-corrected chi connectivity index (χ2v) is 3.17. The molecule has 0 fully saturated rings. The molecular weight excluding hydrogens is 188 g/mol. The molecule has 1 rings (SSSR count). The Kier molecular flexibility index (Phi) is 4.74. The lowest BCUT2D eigenvalue weighted by Crippen LogP contribution is -2.09. The first-order valence-corrected chi connectivity index (χ1v) is 5.54. The summed E-state index contributed by atoms with van der Waals surface area (Å²) in [6.45, 7) is 8.91. The first-order valence-electron chi connectivity index (χ1n) is 5.54. The summed E-state index contributed by atoms with van der Waals surface area (Å²) in [6, 6.07) is 1.99. The Morgan fingerprint density at radius 1 is 1.00 bits per heavy atom. The summed E-state index contributed by atoms with van der Waals surface area (Å²) in [6.07, 6.45) is 1.82. The van der Waals surface area contributed by atoms with Gasteiger partial charge in [0.1, 0.15) is 5.69 Å². The number of aromatic nitrogens is 1. The highest BCUT2D eigenvalue weighted by Gasteiger charge is 2.06. The number of nitrogens with zero attached hydrogens (tertiary/aromatic N) is 1. The molecule has 0 bridgehead atoms. The van der Waals surface area contributed by atoms with E-state index in [9.17, 15) is 0 Å². The summed E-state index contributed by atoms with van der Waals surface area (Å²) >= 11 is 0. The standard InChI is InChI=1S/C11H20N4/c1-4-12-9-7-8-15-11(14-6-3)10(9)13-5-2/h7-8,13H,4-6H2,1-3H3,(H2,12,14,15). The molecule has 4 nitrogen and oxygen atoms in total. The van der Waals surface area contributed by atoms with Gasteiger partial charge in [0.15, 0.2) is 5.82 Å². The highest BCUT2D eigenvalue weighted by atomic mass is 15.1. The van der Waals surface area contributed by atoms with E-state index in [0.717, 1.165) is 36.8 Å². The molecule has 0 atom stereocenters. The highest BCUT2D eigenvalue weighted by Crippen LogP contribution is 2.27. The van der Waals surface area contributed by atoms with Gasteiger partial charge in [-0.1, -0.05) is 0 Å². The van der Waals surface area contributed by atoms with Gasteiger partial charge in [-0.25, -0.2) is 4.98 Å². The largest absolute Gasteiger partial charge is 0.383 e. The average molecular weight is 208 g/mol. The maximum absolute atomic E-state index is 4.32. The van der Waals surface area contributed by atoms with Gasteiger partial charge >= 0.3 is 0 Å². The quantitative estimate of drug-likeness (QED) is 0.672. The van der Waals surface area contributed by atoms with Gasteiger partial charge in [0.25, 0.3) is 0 Å². The van der Waals surface area contributed by atoms with Crippen molar-refractivity contribution in [3.8, 4) is 0 Å². The van der Waals surface area contributed by atoms with Crippen LogP contribution < -0.4 is 16.0 Å². The van der Waals surface area contributed by atoms with Gasteiger partial charge < -0.3 is 16.0 Å². The normalized spacial score (nSPS) is 9.80. The van der Waals surface area contributed by atoms with Crippen LogP contribution in [0.4, 0.5) is 17.2 Å². The fourth-order valence-electron chi connectivity index (χ4n) is 1.46. The summed E-state index contributed by atoms with van der Waals surface area (Å²) in [7, 11) is 0. The molecule has 15 heavy (non-hydrogen) atoms. The Morgan fingerprint density at radius 3 is 2.27 bits per heavy atom. The molecule has 0 saturated carbocycles. The lowest BCUT2D eigenvalue weighted by atomic mass is 10.3. The van der Waals surface area contributed by atoms with E-state index in [-0.39, 0.29) is 0 Å². The van der Waals surface area contributed by atoms with E-state index in [2.05, 4.69) is 41.7 Å². The van der Waals surface area contributed by atoms with Crippen LogP contribution in [-0.4, -0.2) is 24.6 Å². The first kappa shape index (κ1) is 11.6. The fourth-order valence-corrected chi connectivity index (χ4v) is 1.46. The first-order chi connectivity index (χ1) is 7.33. The van der Waals surface area contributed by atoms with E-state index in [4.69, 9.17) is 0 Å². The highest BCUT2D eigenvalue weighted by molar-refractivity contribution is 5.79. The summed E-state index contributed by atoms with van der Waals surface area (Å²) < 4.78 is 0. The van der Waals surface area contributed by atoms with Crippen molar-refractivity contribution < 1.29 is 0 Å². The van der Waals surface area contributed by atoms with Gasteiger partial charge in [-0.15, -0.1) is 0 Å². The predicted octanol–water partition coefficient (Wildman–Crippen LogP) is 2.38. The molecule has 0 spiro atoms. The minimum absolute atomic E-state index is 0.876. The molecule has 0 aromatic carbocycles. The van der Waals surface area contributed by atoms with Crippen molar-refractivity contribution in [1.82, 2.24) is 4.98 Å². The Labute approximate surface area is 91.5 Å². The second kappa shape index (κ2) is 6.11. The predicted molar refractivity (Wildman–Crippen MR) is 66.7 cm³/mol. The molecule has 1 aromatic heterocycles. The van der Waals surface area contributed by atoms with Crippen molar-refractivity contribution in [1.29, 1.82) is 0 Å². The van der Waals surface area contributed by atoms with Gasteiger partial charge in [-0.2, -0.15) is 0 Å². The third-order valence-corrected chi connectivity index (χ3v) is 2.02. The van der Waals surface area contributed by atoms with E-state index in [1.54, 1.807) is 0 Å². The van der Waals surface area contributed by atoms with Crippen LogP contribution in [0, 0.1) is 0 Å². The molecule has 0 aliphatic rings. The summed E-state index contributed by atoms with van der Waals surface area (Å²) in [5.74, 6) is 0.915. The zero-order valence-electron chi connectivity index (χ0n) is 9.72. The number of hydrogen-bond donors (Lipinski definition) is 3. The molecular formula is C11H20N4. The van der Waals surface area contributed by atoms with Crippen molar-refractivity contribution in [3.63, 3.8) is 0 Å². The van der Waals surface area contributed by atoms with Crippen LogP contribution in [0.3, 0.4) is 0 Å². The molecule has 0 unspecified atom stereocenters. The van der Waals surface area contributed by atoms with Crippen LogP contribution in [0.25, 0.3) is 0 Å². The van der Waals surface area contributed by atoms with Gasteiger partial charge in [-0.3, -0.25) is 0 Å². The molecule has 0 aliphatic heterocycles. The second-order valence-electron chi connectivity index (χ2n) is 3.17. The zero-order chi connectivity index (χ0) is 11.1. The number of anilines is 3. The number of rotatable bonds is 6. The third-order valence-electron chi connectivity index (χ3n) is 2.02. The lowest BCUT2D eigenvalue weighted by molar-refractivity contribution is 1.12. The van der Waals surface area contributed by atoms with E-state index < -0.39 is 0 Å². The smallest absolute Gasteiger partial charge is 0.151 e. The van der Waals surface area contributed by atoms with Gasteiger partial charge in [0.05, 0.1) is 5.69 Å². The average Bonchev–Trinajstić information content (AvgIpc) is 2.23. The lowest BCUT2D eigenvalue weighted by Gasteiger charge is -2.15. The van der Waals surface area contributed by atoms with Crippen LogP contribution in [0.15, 0.2) is 12.3 Å². The monoisotopic (exact) mass is 208 g/mol. The van der Waals surface area contributed by atoms with Crippen LogP contribution in [-0.2, 0) is 0 Å². The Hall–Kier alpha value is -1.45. The minimum atomic E-state index is 0.876. The topological polar surface area (TPSA) is 49.0 Å². The van der Waals surface area contributed by atoms with Crippen LogP contribution in [0.5, 0.6) is 0 Å². The van der Waals surface area contributed by atoms with Gasteiger partial charge in [0, 0.05) is 25.8 Å². The molecule has 3 N–H and O–H groups in total. The summed E-state index contributed by atoms with van der Waals surface area (Å²) in [5, 5.41) is 9.89. The third kappa shape index (κ3) is 3.01. The van der Waals surface area contributed by atoms with E-state index in [1.807, 2.05) is 12.3 Å². The number of hydrogen-bond acceptors (Lipinski definition) is 4.